The van der Waals surface area contributed by atoms with Crippen molar-refractivity contribution in [2.45, 2.75) is 13.0 Å². The summed E-state index contributed by atoms with van der Waals surface area (Å²) in [6.07, 6.45) is 0.523. The molecule has 0 saturated heterocycles. The Kier molecular flexibility index (Phi) is 2.23. The molecule has 4 rings (SSSR count). The number of aryl methyl sites for hydroxylation is 1. The average Bonchev–Trinajstić information content (AvgIpc) is 2.68. The van der Waals surface area contributed by atoms with Crippen LogP contribution in [0.4, 0.5) is 0 Å². The number of nitrogens with zero attached hydrogens (tertiary/aromatic N) is 1. The van der Waals surface area contributed by atoms with Crippen LogP contribution in [0.2, 0.25) is 10.0 Å². The maximum atomic E-state index is 12.1. The third-order valence-electron chi connectivity index (χ3n) is 3.75. The number of ketones is 1. The van der Waals surface area contributed by atoms with E-state index in [1.165, 1.54) is 0 Å². The topological polar surface area (TPSA) is 22.0 Å². The van der Waals surface area contributed by atoms with E-state index in [2.05, 4.69) is 4.57 Å². The molecule has 0 atom stereocenters. The minimum Gasteiger partial charge on any atom is -0.339 e. The van der Waals surface area contributed by atoms with Crippen molar-refractivity contribution in [3.8, 4) is 0 Å². The quantitative estimate of drug-likeness (QED) is 0.589. The number of carbonyl (C=O) groups is 1. The van der Waals surface area contributed by atoms with Crippen LogP contribution in [0.15, 0.2) is 30.3 Å². The SMILES string of the molecule is O=C1CCn2c3ccc(Cl)cc3c3cc(Cl)cc1c32. The van der Waals surface area contributed by atoms with Gasteiger partial charge in [0.2, 0.25) is 0 Å². The van der Waals surface area contributed by atoms with Crippen molar-refractivity contribution in [2.75, 3.05) is 0 Å². The molecule has 1 aliphatic heterocycles. The highest BCUT2D eigenvalue weighted by Gasteiger charge is 2.23. The van der Waals surface area contributed by atoms with E-state index in [1.807, 2.05) is 24.3 Å². The van der Waals surface area contributed by atoms with E-state index < -0.39 is 0 Å². The first-order valence-corrected chi connectivity index (χ1v) is 6.85. The molecule has 2 aromatic carbocycles. The number of carbonyl (C=O) groups excluding carboxylic acids is 1. The maximum Gasteiger partial charge on any atom is 0.166 e. The van der Waals surface area contributed by atoms with Gasteiger partial charge in [-0.3, -0.25) is 4.79 Å². The van der Waals surface area contributed by atoms with Crippen LogP contribution in [-0.2, 0) is 6.54 Å². The van der Waals surface area contributed by atoms with Crippen molar-refractivity contribution in [3.05, 3.63) is 45.9 Å². The highest BCUT2D eigenvalue weighted by atomic mass is 35.5. The molecule has 2 nitrogen and oxygen atoms in total. The molecule has 0 radical (unpaired) electrons. The minimum atomic E-state index is 0.161. The summed E-state index contributed by atoms with van der Waals surface area (Å²) in [7, 11) is 0. The van der Waals surface area contributed by atoms with Gasteiger partial charge < -0.3 is 4.57 Å². The van der Waals surface area contributed by atoms with Crippen molar-refractivity contribution in [1.82, 2.24) is 4.57 Å². The Labute approximate surface area is 119 Å². The number of Topliss-reactive ketones (excluding diaryl/α,β-unsaturated/α-hetero) is 1. The van der Waals surface area contributed by atoms with Crippen LogP contribution in [-0.4, -0.2) is 10.4 Å². The number of aromatic nitrogens is 1. The molecule has 0 N–H and O–H groups in total. The van der Waals surface area contributed by atoms with Gasteiger partial charge >= 0.3 is 0 Å². The van der Waals surface area contributed by atoms with Gasteiger partial charge in [-0.05, 0) is 30.3 Å². The van der Waals surface area contributed by atoms with Gasteiger partial charge in [0.25, 0.3) is 0 Å². The molecule has 0 amide bonds. The van der Waals surface area contributed by atoms with Crippen LogP contribution in [0.5, 0.6) is 0 Å². The van der Waals surface area contributed by atoms with Gasteiger partial charge in [-0.1, -0.05) is 23.2 Å². The Balaban J connectivity index is 2.32. The first-order chi connectivity index (χ1) is 9.15. The predicted octanol–water partition coefficient (Wildman–Crippen LogP) is 4.69. The molecular formula is C15H9Cl2NO. The zero-order valence-corrected chi connectivity index (χ0v) is 11.4. The second kappa shape index (κ2) is 3.75. The summed E-state index contributed by atoms with van der Waals surface area (Å²) in [6, 6.07) is 9.50. The summed E-state index contributed by atoms with van der Waals surface area (Å²) in [5.41, 5.74) is 2.81. The van der Waals surface area contributed by atoms with Gasteiger partial charge in [-0.2, -0.15) is 0 Å². The molecule has 0 bridgehead atoms. The van der Waals surface area contributed by atoms with Crippen molar-refractivity contribution < 1.29 is 4.79 Å². The number of hydrogen-bond acceptors (Lipinski definition) is 1. The predicted molar refractivity (Wildman–Crippen MR) is 78.4 cm³/mol. The first-order valence-electron chi connectivity index (χ1n) is 6.09. The second-order valence-corrected chi connectivity index (χ2v) is 5.71. The Morgan fingerprint density at radius 3 is 2.63 bits per heavy atom. The van der Waals surface area contributed by atoms with Crippen molar-refractivity contribution in [3.63, 3.8) is 0 Å². The van der Waals surface area contributed by atoms with Crippen molar-refractivity contribution in [2.24, 2.45) is 0 Å². The van der Waals surface area contributed by atoms with E-state index in [-0.39, 0.29) is 5.78 Å². The van der Waals surface area contributed by atoms with Crippen LogP contribution < -0.4 is 0 Å². The fraction of sp³-hybridized carbons (Fsp3) is 0.133. The fourth-order valence-electron chi connectivity index (χ4n) is 2.97. The summed E-state index contributed by atoms with van der Waals surface area (Å²) in [4.78, 5) is 12.1. The Bertz CT molecular complexity index is 864. The van der Waals surface area contributed by atoms with E-state index in [4.69, 9.17) is 23.2 Å². The van der Waals surface area contributed by atoms with Gasteiger partial charge in [0.15, 0.2) is 5.78 Å². The minimum absolute atomic E-state index is 0.161. The lowest BCUT2D eigenvalue weighted by molar-refractivity contribution is 0.0974. The highest BCUT2D eigenvalue weighted by molar-refractivity contribution is 6.34. The van der Waals surface area contributed by atoms with Crippen molar-refractivity contribution in [1.29, 1.82) is 0 Å². The highest BCUT2D eigenvalue weighted by Crippen LogP contribution is 2.37. The molecule has 0 aliphatic carbocycles. The van der Waals surface area contributed by atoms with Crippen LogP contribution >= 0.6 is 23.2 Å². The number of hydrogen-bond donors (Lipinski definition) is 0. The smallest absolute Gasteiger partial charge is 0.166 e. The lowest BCUT2D eigenvalue weighted by Gasteiger charge is -2.15. The standard InChI is InChI=1S/C15H9Cl2NO/c16-8-1-2-13-10(5-8)11-6-9(17)7-12-14(19)3-4-18(13)15(11)12/h1-2,5-7H,3-4H2. The van der Waals surface area contributed by atoms with Crippen LogP contribution in [0.25, 0.3) is 21.8 Å². The molecule has 0 fully saturated rings. The number of fused-ring (bicyclic) bond motifs is 3. The lowest BCUT2D eigenvalue weighted by Crippen LogP contribution is -2.13. The molecule has 94 valence electrons. The molecule has 1 aromatic heterocycles. The largest absolute Gasteiger partial charge is 0.339 e. The maximum absolute atomic E-state index is 12.1. The summed E-state index contributed by atoms with van der Waals surface area (Å²) in [5, 5.41) is 3.35. The Hall–Kier alpha value is -1.51. The van der Waals surface area contributed by atoms with Crippen LogP contribution in [0.1, 0.15) is 16.8 Å². The van der Waals surface area contributed by atoms with Gasteiger partial charge in [-0.15, -0.1) is 0 Å². The van der Waals surface area contributed by atoms with Crippen molar-refractivity contribution >= 4 is 50.8 Å². The summed E-state index contributed by atoms with van der Waals surface area (Å²) < 4.78 is 2.19. The number of rotatable bonds is 0. The summed E-state index contributed by atoms with van der Waals surface area (Å²) in [5.74, 6) is 0.161. The molecule has 3 aromatic rings. The number of benzene rings is 2. The molecule has 0 unspecified atom stereocenters. The molecule has 4 heteroatoms. The van der Waals surface area contributed by atoms with E-state index in [0.717, 1.165) is 33.9 Å². The molecule has 0 spiro atoms. The third-order valence-corrected chi connectivity index (χ3v) is 4.20. The summed E-state index contributed by atoms with van der Waals surface area (Å²) in [6.45, 7) is 0.717. The third kappa shape index (κ3) is 1.47. The Morgan fingerprint density at radius 1 is 1.00 bits per heavy atom. The van der Waals surface area contributed by atoms with E-state index in [1.54, 1.807) is 6.07 Å². The average molecular weight is 290 g/mol. The molecule has 0 saturated carbocycles. The van der Waals surface area contributed by atoms with E-state index in [9.17, 15) is 4.79 Å². The van der Waals surface area contributed by atoms with Gasteiger partial charge in [0, 0.05) is 44.9 Å². The monoisotopic (exact) mass is 289 g/mol. The first kappa shape index (κ1) is 11.3. The zero-order valence-electron chi connectivity index (χ0n) is 9.91. The number of halogens is 2. The summed E-state index contributed by atoms with van der Waals surface area (Å²) >= 11 is 12.2. The molecule has 1 aliphatic rings. The molecule has 2 heterocycles. The second-order valence-electron chi connectivity index (χ2n) is 4.84. The van der Waals surface area contributed by atoms with Crippen LogP contribution in [0, 0.1) is 0 Å². The molecule has 19 heavy (non-hydrogen) atoms. The Morgan fingerprint density at radius 2 is 1.79 bits per heavy atom. The molecular weight excluding hydrogens is 281 g/mol. The lowest BCUT2D eigenvalue weighted by atomic mass is 10.0. The zero-order chi connectivity index (χ0) is 13.1. The van der Waals surface area contributed by atoms with Gasteiger partial charge in [-0.25, -0.2) is 0 Å². The van der Waals surface area contributed by atoms with Gasteiger partial charge in [0.1, 0.15) is 0 Å². The van der Waals surface area contributed by atoms with E-state index >= 15 is 0 Å². The van der Waals surface area contributed by atoms with Crippen LogP contribution in [0.3, 0.4) is 0 Å². The fourth-order valence-corrected chi connectivity index (χ4v) is 3.36. The van der Waals surface area contributed by atoms with E-state index in [0.29, 0.717) is 16.5 Å². The normalized spacial score (nSPS) is 14.5. The van der Waals surface area contributed by atoms with Gasteiger partial charge in [0.05, 0.1) is 5.52 Å².